The number of aromatic nitrogens is 2. The summed E-state index contributed by atoms with van der Waals surface area (Å²) in [6.07, 6.45) is 3.79. The molecule has 0 radical (unpaired) electrons. The molecular formula is C19H30IN5O. The Morgan fingerprint density at radius 1 is 1.35 bits per heavy atom. The van der Waals surface area contributed by atoms with Crippen molar-refractivity contribution in [2.24, 2.45) is 10.9 Å². The summed E-state index contributed by atoms with van der Waals surface area (Å²) in [5.74, 6) is 2.16. The van der Waals surface area contributed by atoms with Crippen LogP contribution < -0.4 is 15.4 Å². The highest BCUT2D eigenvalue weighted by molar-refractivity contribution is 14.0. The first-order valence-corrected chi connectivity index (χ1v) is 8.76. The van der Waals surface area contributed by atoms with E-state index in [1.807, 2.05) is 23.9 Å². The highest BCUT2D eigenvalue weighted by Gasteiger charge is 2.07. The molecule has 0 saturated heterocycles. The van der Waals surface area contributed by atoms with Crippen LogP contribution in [-0.2, 0) is 13.1 Å². The maximum absolute atomic E-state index is 5.73. The molecule has 0 amide bonds. The molecule has 2 rings (SSSR count). The summed E-state index contributed by atoms with van der Waals surface area (Å²) < 4.78 is 7.68. The average molecular weight is 471 g/mol. The zero-order chi connectivity index (χ0) is 18.1. The third kappa shape index (κ3) is 7.23. The van der Waals surface area contributed by atoms with Crippen molar-refractivity contribution in [3.05, 3.63) is 47.8 Å². The predicted molar refractivity (Wildman–Crippen MR) is 117 cm³/mol. The van der Waals surface area contributed by atoms with Crippen molar-refractivity contribution in [2.75, 3.05) is 20.2 Å². The number of aryl methyl sites for hydroxylation is 1. The quantitative estimate of drug-likeness (QED) is 0.353. The highest BCUT2D eigenvalue weighted by atomic mass is 127. The number of nitrogens with zero attached hydrogens (tertiary/aromatic N) is 3. The molecule has 26 heavy (non-hydrogen) atoms. The molecule has 1 unspecified atom stereocenters. The van der Waals surface area contributed by atoms with E-state index in [0.717, 1.165) is 30.4 Å². The Morgan fingerprint density at radius 3 is 2.81 bits per heavy atom. The summed E-state index contributed by atoms with van der Waals surface area (Å²) in [5.41, 5.74) is 2.32. The zero-order valence-corrected chi connectivity index (χ0v) is 18.4. The lowest BCUT2D eigenvalue weighted by Crippen LogP contribution is -2.39. The number of hydrogen-bond donors (Lipinski definition) is 2. The summed E-state index contributed by atoms with van der Waals surface area (Å²) in [7, 11) is 1.78. The fourth-order valence-electron chi connectivity index (χ4n) is 2.56. The average Bonchev–Trinajstić information content (AvgIpc) is 3.09. The SMILES string of the molecule is CCOc1cc(C)ccc1CNC(=NC)NCC(C)Cn1cccn1.I. The first-order valence-electron chi connectivity index (χ1n) is 8.76. The van der Waals surface area contributed by atoms with Gasteiger partial charge >= 0.3 is 0 Å². The van der Waals surface area contributed by atoms with E-state index >= 15 is 0 Å². The minimum Gasteiger partial charge on any atom is -0.494 e. The van der Waals surface area contributed by atoms with Crippen molar-refractivity contribution in [3.63, 3.8) is 0 Å². The van der Waals surface area contributed by atoms with Gasteiger partial charge in [0.1, 0.15) is 5.75 Å². The van der Waals surface area contributed by atoms with Crippen LogP contribution in [-0.4, -0.2) is 35.9 Å². The van der Waals surface area contributed by atoms with E-state index in [0.29, 0.717) is 19.1 Å². The molecule has 0 spiro atoms. The van der Waals surface area contributed by atoms with E-state index in [-0.39, 0.29) is 24.0 Å². The van der Waals surface area contributed by atoms with Gasteiger partial charge in [0, 0.05) is 44.6 Å². The molecule has 0 saturated carbocycles. The molecule has 1 heterocycles. The number of benzene rings is 1. The first-order chi connectivity index (χ1) is 12.1. The van der Waals surface area contributed by atoms with Gasteiger partial charge in [-0.2, -0.15) is 5.10 Å². The smallest absolute Gasteiger partial charge is 0.191 e. The van der Waals surface area contributed by atoms with Gasteiger partial charge in [0.05, 0.1) is 6.61 Å². The van der Waals surface area contributed by atoms with Crippen LogP contribution in [0.5, 0.6) is 5.75 Å². The van der Waals surface area contributed by atoms with Crippen molar-refractivity contribution >= 4 is 29.9 Å². The van der Waals surface area contributed by atoms with Crippen molar-refractivity contribution in [1.82, 2.24) is 20.4 Å². The molecule has 0 aliphatic heterocycles. The fraction of sp³-hybridized carbons (Fsp3) is 0.474. The van der Waals surface area contributed by atoms with Gasteiger partial charge in [0.15, 0.2) is 5.96 Å². The van der Waals surface area contributed by atoms with Gasteiger partial charge in [-0.1, -0.05) is 19.1 Å². The predicted octanol–water partition coefficient (Wildman–Crippen LogP) is 3.21. The van der Waals surface area contributed by atoms with Crippen LogP contribution in [0.1, 0.15) is 25.0 Å². The molecule has 6 nitrogen and oxygen atoms in total. The van der Waals surface area contributed by atoms with E-state index < -0.39 is 0 Å². The molecule has 2 N–H and O–H groups in total. The Kier molecular flexibility index (Phi) is 10.1. The number of aliphatic imine (C=N–C) groups is 1. The number of rotatable bonds is 8. The molecule has 7 heteroatoms. The topological polar surface area (TPSA) is 63.5 Å². The molecular weight excluding hydrogens is 441 g/mol. The summed E-state index contributed by atoms with van der Waals surface area (Å²) >= 11 is 0. The molecule has 1 atom stereocenters. The second kappa shape index (κ2) is 11.8. The summed E-state index contributed by atoms with van der Waals surface area (Å²) in [5, 5.41) is 11.0. The van der Waals surface area contributed by atoms with E-state index in [4.69, 9.17) is 4.74 Å². The van der Waals surface area contributed by atoms with Gasteiger partial charge in [-0.15, -0.1) is 24.0 Å². The van der Waals surface area contributed by atoms with Crippen LogP contribution in [0.4, 0.5) is 0 Å². The van der Waals surface area contributed by atoms with Crippen LogP contribution >= 0.6 is 24.0 Å². The lowest BCUT2D eigenvalue weighted by Gasteiger charge is -2.17. The molecule has 0 fully saturated rings. The fourth-order valence-corrected chi connectivity index (χ4v) is 2.56. The summed E-state index contributed by atoms with van der Waals surface area (Å²) in [4.78, 5) is 4.30. The van der Waals surface area contributed by atoms with E-state index in [1.54, 1.807) is 13.2 Å². The van der Waals surface area contributed by atoms with Crippen LogP contribution in [0, 0.1) is 12.8 Å². The largest absolute Gasteiger partial charge is 0.494 e. The molecule has 0 bridgehead atoms. The Bertz CT molecular complexity index is 673. The number of halogens is 1. The van der Waals surface area contributed by atoms with Crippen molar-refractivity contribution in [2.45, 2.75) is 33.9 Å². The lowest BCUT2D eigenvalue weighted by atomic mass is 10.1. The summed E-state index contributed by atoms with van der Waals surface area (Å²) in [6.45, 7) is 9.30. The molecule has 1 aromatic heterocycles. The van der Waals surface area contributed by atoms with E-state index in [9.17, 15) is 0 Å². The Balaban J connectivity index is 0.00000338. The number of nitrogens with one attached hydrogen (secondary N) is 2. The second-order valence-electron chi connectivity index (χ2n) is 6.18. The highest BCUT2D eigenvalue weighted by Crippen LogP contribution is 2.20. The Hall–Kier alpha value is -1.77. The standard InChI is InChI=1S/C19H29N5O.HI/c1-5-25-18-11-15(2)7-8-17(18)13-22-19(20-4)21-12-16(3)14-24-10-6-9-23-24;/h6-11,16H,5,12-14H2,1-4H3,(H2,20,21,22);1H. The zero-order valence-electron chi connectivity index (χ0n) is 16.0. The Labute approximate surface area is 173 Å². The minimum absolute atomic E-state index is 0. The number of hydrogen-bond acceptors (Lipinski definition) is 3. The lowest BCUT2D eigenvalue weighted by molar-refractivity contribution is 0.336. The van der Waals surface area contributed by atoms with Crippen molar-refractivity contribution in [1.29, 1.82) is 0 Å². The molecule has 0 aliphatic carbocycles. The molecule has 0 aliphatic rings. The number of guanidine groups is 1. The van der Waals surface area contributed by atoms with Gasteiger partial charge in [-0.25, -0.2) is 0 Å². The van der Waals surface area contributed by atoms with Crippen molar-refractivity contribution < 1.29 is 4.74 Å². The van der Waals surface area contributed by atoms with Crippen molar-refractivity contribution in [3.8, 4) is 5.75 Å². The third-order valence-electron chi connectivity index (χ3n) is 3.87. The number of ether oxygens (including phenoxy) is 1. The Morgan fingerprint density at radius 2 is 2.15 bits per heavy atom. The third-order valence-corrected chi connectivity index (χ3v) is 3.87. The monoisotopic (exact) mass is 471 g/mol. The van der Waals surface area contributed by atoms with Gasteiger partial charge in [0.2, 0.25) is 0 Å². The maximum atomic E-state index is 5.73. The molecule has 2 aromatic rings. The van der Waals surface area contributed by atoms with Crippen LogP contribution in [0.25, 0.3) is 0 Å². The molecule has 1 aromatic carbocycles. The molecule has 144 valence electrons. The summed E-state index contributed by atoms with van der Waals surface area (Å²) in [6, 6.07) is 8.21. The van der Waals surface area contributed by atoms with Gasteiger partial charge < -0.3 is 15.4 Å². The van der Waals surface area contributed by atoms with E-state index in [1.165, 1.54) is 5.56 Å². The minimum atomic E-state index is 0. The second-order valence-corrected chi connectivity index (χ2v) is 6.18. The van der Waals surface area contributed by atoms with Gasteiger partial charge in [-0.05, 0) is 37.5 Å². The van der Waals surface area contributed by atoms with E-state index in [2.05, 4.69) is 52.8 Å². The normalized spacial score (nSPS) is 12.2. The maximum Gasteiger partial charge on any atom is 0.191 e. The van der Waals surface area contributed by atoms with Crippen LogP contribution in [0.3, 0.4) is 0 Å². The van der Waals surface area contributed by atoms with Crippen LogP contribution in [0.15, 0.2) is 41.7 Å². The van der Waals surface area contributed by atoms with Gasteiger partial charge in [-0.3, -0.25) is 9.67 Å². The van der Waals surface area contributed by atoms with Gasteiger partial charge in [0.25, 0.3) is 0 Å². The van der Waals surface area contributed by atoms with Crippen LogP contribution in [0.2, 0.25) is 0 Å². The first kappa shape index (κ1) is 22.3.